The van der Waals surface area contributed by atoms with Gasteiger partial charge in [0.1, 0.15) is 5.78 Å². The third-order valence-electron chi connectivity index (χ3n) is 3.08. The summed E-state index contributed by atoms with van der Waals surface area (Å²) in [5, 5.41) is 0. The molecular weight excluding hydrogens is 172 g/mol. The van der Waals surface area contributed by atoms with Gasteiger partial charge in [-0.1, -0.05) is 46.5 Å². The van der Waals surface area contributed by atoms with Crippen molar-refractivity contribution < 1.29 is 4.79 Å². The van der Waals surface area contributed by atoms with Gasteiger partial charge in [0.25, 0.3) is 0 Å². The van der Waals surface area contributed by atoms with Gasteiger partial charge in [-0.2, -0.15) is 0 Å². The molecule has 0 saturated heterocycles. The fourth-order valence-corrected chi connectivity index (χ4v) is 1.61. The molecule has 0 amide bonds. The predicted molar refractivity (Wildman–Crippen MR) is 62.4 cm³/mol. The Balaban J connectivity index is 3.35. The summed E-state index contributed by atoms with van der Waals surface area (Å²) in [5.74, 6) is 1.93. The van der Waals surface area contributed by atoms with Gasteiger partial charge in [0, 0.05) is 6.42 Å². The molecule has 0 heterocycles. The first kappa shape index (κ1) is 13.7. The molecule has 0 saturated carbocycles. The van der Waals surface area contributed by atoms with Gasteiger partial charge in [0.05, 0.1) is 0 Å². The molecule has 0 radical (unpaired) electrons. The van der Waals surface area contributed by atoms with Crippen LogP contribution in [0.3, 0.4) is 0 Å². The molecule has 0 aliphatic rings. The number of Topliss-reactive ketones (excluding diaryl/α,β-unsaturated/α-hetero) is 1. The van der Waals surface area contributed by atoms with E-state index in [0.717, 1.165) is 24.7 Å². The van der Waals surface area contributed by atoms with Crippen LogP contribution in [-0.4, -0.2) is 5.78 Å². The summed E-state index contributed by atoms with van der Waals surface area (Å²) in [4.78, 5) is 10.8. The lowest BCUT2D eigenvalue weighted by atomic mass is 9.94. The molecule has 0 aliphatic carbocycles. The van der Waals surface area contributed by atoms with Crippen LogP contribution >= 0.6 is 0 Å². The fourth-order valence-electron chi connectivity index (χ4n) is 1.61. The van der Waals surface area contributed by atoms with Crippen molar-refractivity contribution in [3.05, 3.63) is 0 Å². The highest BCUT2D eigenvalue weighted by Gasteiger charge is 2.05. The summed E-state index contributed by atoms with van der Waals surface area (Å²) in [6, 6.07) is 0. The largest absolute Gasteiger partial charge is 0.300 e. The summed E-state index contributed by atoms with van der Waals surface area (Å²) >= 11 is 0. The Labute approximate surface area is 89.3 Å². The Morgan fingerprint density at radius 1 is 1.07 bits per heavy atom. The Morgan fingerprint density at radius 2 is 1.64 bits per heavy atom. The van der Waals surface area contributed by atoms with Gasteiger partial charge in [0.15, 0.2) is 0 Å². The number of carbonyl (C=O) groups is 1. The lowest BCUT2D eigenvalue weighted by Gasteiger charge is -2.12. The average molecular weight is 198 g/mol. The van der Waals surface area contributed by atoms with Crippen LogP contribution in [0, 0.1) is 11.8 Å². The summed E-state index contributed by atoms with van der Waals surface area (Å²) in [6.45, 7) is 8.52. The minimum atomic E-state index is 0.332. The van der Waals surface area contributed by atoms with E-state index in [1.165, 1.54) is 25.7 Å². The van der Waals surface area contributed by atoms with E-state index in [2.05, 4.69) is 20.8 Å². The molecule has 0 fully saturated rings. The van der Waals surface area contributed by atoms with Crippen molar-refractivity contribution in [1.82, 2.24) is 0 Å². The minimum Gasteiger partial charge on any atom is -0.300 e. The number of hydrogen-bond donors (Lipinski definition) is 0. The van der Waals surface area contributed by atoms with Crippen molar-refractivity contribution >= 4 is 5.78 Å². The zero-order valence-corrected chi connectivity index (χ0v) is 10.3. The second kappa shape index (κ2) is 8.02. The van der Waals surface area contributed by atoms with Crippen LogP contribution in [0.5, 0.6) is 0 Å². The molecule has 0 N–H and O–H groups in total. The lowest BCUT2D eigenvalue weighted by molar-refractivity contribution is -0.117. The maximum Gasteiger partial charge on any atom is 0.129 e. The summed E-state index contributed by atoms with van der Waals surface area (Å²) in [5.41, 5.74) is 0. The van der Waals surface area contributed by atoms with E-state index in [4.69, 9.17) is 0 Å². The van der Waals surface area contributed by atoms with Crippen molar-refractivity contribution in [2.24, 2.45) is 11.8 Å². The van der Waals surface area contributed by atoms with E-state index in [0.29, 0.717) is 5.78 Å². The Hall–Kier alpha value is -0.330. The first-order valence-corrected chi connectivity index (χ1v) is 6.05. The van der Waals surface area contributed by atoms with Crippen LogP contribution in [0.4, 0.5) is 0 Å². The second-order valence-corrected chi connectivity index (χ2v) is 4.79. The maximum absolute atomic E-state index is 10.8. The van der Waals surface area contributed by atoms with Gasteiger partial charge in [-0.15, -0.1) is 0 Å². The third kappa shape index (κ3) is 8.28. The van der Waals surface area contributed by atoms with Crippen LogP contribution in [0.2, 0.25) is 0 Å². The van der Waals surface area contributed by atoms with Crippen LogP contribution < -0.4 is 0 Å². The Morgan fingerprint density at radius 3 is 2.14 bits per heavy atom. The van der Waals surface area contributed by atoms with Crippen molar-refractivity contribution in [3.8, 4) is 0 Å². The highest BCUT2D eigenvalue weighted by Crippen LogP contribution is 2.18. The summed E-state index contributed by atoms with van der Waals surface area (Å²) in [7, 11) is 0. The molecule has 84 valence electrons. The number of hydrogen-bond acceptors (Lipinski definition) is 1. The van der Waals surface area contributed by atoms with E-state index in [1.807, 2.05) is 0 Å². The molecule has 2 atom stereocenters. The zero-order valence-electron chi connectivity index (χ0n) is 10.3. The van der Waals surface area contributed by atoms with Gasteiger partial charge >= 0.3 is 0 Å². The van der Waals surface area contributed by atoms with Gasteiger partial charge in [-0.05, 0) is 25.2 Å². The molecule has 1 nitrogen and oxygen atoms in total. The average Bonchev–Trinajstić information content (AvgIpc) is 2.14. The SMILES string of the molecule is CC[C@@H](C)CCC[C@@H](C)CCC(C)=O. The van der Waals surface area contributed by atoms with Crippen LogP contribution in [0.25, 0.3) is 0 Å². The van der Waals surface area contributed by atoms with Crippen molar-refractivity contribution in [2.45, 2.75) is 66.2 Å². The highest BCUT2D eigenvalue weighted by molar-refractivity contribution is 5.75. The monoisotopic (exact) mass is 198 g/mol. The Kier molecular flexibility index (Phi) is 7.83. The highest BCUT2D eigenvalue weighted by atomic mass is 16.1. The molecule has 1 heteroatoms. The van der Waals surface area contributed by atoms with Crippen molar-refractivity contribution in [3.63, 3.8) is 0 Å². The van der Waals surface area contributed by atoms with Crippen molar-refractivity contribution in [1.29, 1.82) is 0 Å². The molecule has 14 heavy (non-hydrogen) atoms. The topological polar surface area (TPSA) is 17.1 Å². The van der Waals surface area contributed by atoms with Gasteiger partial charge in [-0.25, -0.2) is 0 Å². The standard InChI is InChI=1S/C13H26O/c1-5-11(2)7-6-8-12(3)9-10-13(4)14/h11-12H,5-10H2,1-4H3/t11-,12-/m1/s1. The predicted octanol–water partition coefficient (Wildman–Crippen LogP) is 4.21. The molecule has 0 aromatic rings. The van der Waals surface area contributed by atoms with E-state index < -0.39 is 0 Å². The van der Waals surface area contributed by atoms with Gasteiger partial charge < -0.3 is 4.79 Å². The minimum absolute atomic E-state index is 0.332. The van der Waals surface area contributed by atoms with Gasteiger partial charge in [0.2, 0.25) is 0 Å². The quantitative estimate of drug-likeness (QED) is 0.571. The normalized spacial score (nSPS) is 15.1. The van der Waals surface area contributed by atoms with Gasteiger partial charge in [-0.3, -0.25) is 0 Å². The van der Waals surface area contributed by atoms with E-state index in [1.54, 1.807) is 6.92 Å². The van der Waals surface area contributed by atoms with Crippen LogP contribution in [0.15, 0.2) is 0 Å². The number of carbonyl (C=O) groups excluding carboxylic acids is 1. The Bertz CT molecular complexity index is 151. The van der Waals surface area contributed by atoms with E-state index in [-0.39, 0.29) is 0 Å². The fraction of sp³-hybridized carbons (Fsp3) is 0.923. The summed E-state index contributed by atoms with van der Waals surface area (Å²) in [6.07, 6.45) is 7.11. The van der Waals surface area contributed by atoms with Crippen LogP contribution in [0.1, 0.15) is 66.2 Å². The zero-order chi connectivity index (χ0) is 11.0. The molecule has 0 bridgehead atoms. The van der Waals surface area contributed by atoms with Crippen molar-refractivity contribution in [2.75, 3.05) is 0 Å². The molecule has 0 aliphatic heterocycles. The maximum atomic E-state index is 10.8. The molecule has 0 rings (SSSR count). The molecule has 0 spiro atoms. The smallest absolute Gasteiger partial charge is 0.129 e. The second-order valence-electron chi connectivity index (χ2n) is 4.79. The van der Waals surface area contributed by atoms with Crippen LogP contribution in [-0.2, 0) is 4.79 Å². The number of ketones is 1. The molecular formula is C13H26O. The first-order chi connectivity index (χ1) is 6.56. The molecule has 0 aromatic heterocycles. The lowest BCUT2D eigenvalue weighted by Crippen LogP contribution is -2.00. The van der Waals surface area contributed by atoms with E-state index in [9.17, 15) is 4.79 Å². The van der Waals surface area contributed by atoms with E-state index >= 15 is 0 Å². The first-order valence-electron chi connectivity index (χ1n) is 6.05. The number of rotatable bonds is 8. The molecule has 0 unspecified atom stereocenters. The summed E-state index contributed by atoms with van der Waals surface area (Å²) < 4.78 is 0. The third-order valence-corrected chi connectivity index (χ3v) is 3.08. The molecule has 0 aromatic carbocycles.